The summed E-state index contributed by atoms with van der Waals surface area (Å²) in [5.74, 6) is 0.250. The van der Waals surface area contributed by atoms with E-state index in [2.05, 4.69) is 20.3 Å². The number of pyridine rings is 1. The van der Waals surface area contributed by atoms with E-state index < -0.39 is 11.9 Å². The number of hydrogen-bond acceptors (Lipinski definition) is 6. The lowest BCUT2D eigenvalue weighted by atomic mass is 10.1. The van der Waals surface area contributed by atoms with Crippen molar-refractivity contribution in [1.82, 2.24) is 24.8 Å². The molecule has 0 spiro atoms. The van der Waals surface area contributed by atoms with Gasteiger partial charge in [-0.1, -0.05) is 30.0 Å². The van der Waals surface area contributed by atoms with Crippen molar-refractivity contribution in [3.63, 3.8) is 0 Å². The molecule has 30 heavy (non-hydrogen) atoms. The first-order chi connectivity index (χ1) is 14.2. The number of rotatable bonds is 3. The van der Waals surface area contributed by atoms with Gasteiger partial charge in [0.05, 0.1) is 5.22 Å². The maximum Gasteiger partial charge on any atom is 0.435 e. The average molecular weight is 413 g/mol. The molecule has 4 rings (SSSR count). The van der Waals surface area contributed by atoms with Gasteiger partial charge in [-0.05, 0) is 30.2 Å². The minimum Gasteiger partial charge on any atom is -0.872 e. The normalized spacial score (nSPS) is 13.0. The number of halogens is 3. The molecule has 0 atom stereocenters. The molecular weight excluding hydrogens is 397 g/mol. The summed E-state index contributed by atoms with van der Waals surface area (Å²) >= 11 is 0. The van der Waals surface area contributed by atoms with Crippen LogP contribution in [0, 0.1) is 0 Å². The highest BCUT2D eigenvalue weighted by molar-refractivity contribution is 5.72. The van der Waals surface area contributed by atoms with E-state index in [0.717, 1.165) is 4.52 Å². The molecule has 4 aromatic rings. The quantitative estimate of drug-likeness (QED) is 0.513. The van der Waals surface area contributed by atoms with E-state index in [9.17, 15) is 18.3 Å². The number of anilines is 1. The minimum absolute atomic E-state index is 0.0405. The summed E-state index contributed by atoms with van der Waals surface area (Å²) in [5, 5.41) is 23.5. The Balaban J connectivity index is 2.01. The molecule has 0 aliphatic heterocycles. The second-order valence-electron chi connectivity index (χ2n) is 6.90. The Hall–Kier alpha value is -3.69. The molecule has 0 amide bonds. The van der Waals surface area contributed by atoms with E-state index in [4.69, 9.17) is 0 Å². The van der Waals surface area contributed by atoms with Gasteiger partial charge >= 0.3 is 6.18 Å². The van der Waals surface area contributed by atoms with E-state index >= 15 is 0 Å². The van der Waals surface area contributed by atoms with Crippen LogP contribution >= 0.6 is 0 Å². The topological polar surface area (TPSA) is 82.3 Å². The Labute approximate surface area is 169 Å². The Kier molecular flexibility index (Phi) is 4.56. The summed E-state index contributed by atoms with van der Waals surface area (Å²) in [7, 11) is 3.63. The van der Waals surface area contributed by atoms with Gasteiger partial charge in [0, 0.05) is 25.9 Å². The van der Waals surface area contributed by atoms with Crippen molar-refractivity contribution in [2.24, 2.45) is 0 Å². The number of benzene rings is 1. The minimum atomic E-state index is -4.72. The van der Waals surface area contributed by atoms with Crippen LogP contribution in [0.15, 0.2) is 42.6 Å². The van der Waals surface area contributed by atoms with Gasteiger partial charge < -0.3 is 10.0 Å². The second kappa shape index (κ2) is 6.97. The Bertz CT molecular complexity index is 1280. The Morgan fingerprint density at radius 1 is 1.07 bits per heavy atom. The third-order valence-electron chi connectivity index (χ3n) is 4.71. The lowest BCUT2D eigenvalue weighted by Crippen LogP contribution is -2.20. The van der Waals surface area contributed by atoms with Gasteiger partial charge in [0.2, 0.25) is 0 Å². The van der Waals surface area contributed by atoms with E-state index in [-0.39, 0.29) is 28.0 Å². The van der Waals surface area contributed by atoms with Crippen molar-refractivity contribution >= 4 is 17.0 Å². The average Bonchev–Trinajstić information content (AvgIpc) is 3.27. The molecule has 3 heterocycles. The molecule has 0 radical (unpaired) electrons. The van der Waals surface area contributed by atoms with Crippen LogP contribution in [-0.4, -0.2) is 38.9 Å². The van der Waals surface area contributed by atoms with E-state index in [1.54, 1.807) is 30.0 Å². The van der Waals surface area contributed by atoms with E-state index in [0.29, 0.717) is 17.0 Å². The maximum atomic E-state index is 13.8. The SMILES string of the molecule is CC(c1ccc(N(C)C)nc1)=c1c(C(F)(F)F)nn2c(-c3ccccc3[O-])nnc12. The van der Waals surface area contributed by atoms with Crippen LogP contribution in [0.5, 0.6) is 5.75 Å². The summed E-state index contributed by atoms with van der Waals surface area (Å²) in [6, 6.07) is 9.31. The number of para-hydroxylation sites is 1. The van der Waals surface area contributed by atoms with E-state index in [1.807, 2.05) is 14.1 Å². The Morgan fingerprint density at radius 3 is 2.40 bits per heavy atom. The first-order valence-corrected chi connectivity index (χ1v) is 8.92. The van der Waals surface area contributed by atoms with Gasteiger partial charge in [-0.3, -0.25) is 0 Å². The summed E-state index contributed by atoms with van der Waals surface area (Å²) < 4.78 is 42.4. The van der Waals surface area contributed by atoms with Crippen molar-refractivity contribution in [2.75, 3.05) is 19.0 Å². The summed E-state index contributed by atoms with van der Waals surface area (Å²) in [4.78, 5) is 6.05. The molecule has 0 aliphatic rings. The lowest BCUT2D eigenvalue weighted by molar-refractivity contribution is -0.267. The maximum absolute atomic E-state index is 13.8. The van der Waals surface area contributed by atoms with Crippen molar-refractivity contribution in [3.05, 3.63) is 59.1 Å². The number of aromatic nitrogens is 5. The fourth-order valence-electron chi connectivity index (χ4n) is 3.17. The molecule has 0 aliphatic carbocycles. The summed E-state index contributed by atoms with van der Waals surface area (Å²) in [5.41, 5.74) is -0.245. The second-order valence-corrected chi connectivity index (χ2v) is 6.90. The number of nitrogens with zero attached hydrogens (tertiary/aromatic N) is 6. The van der Waals surface area contributed by atoms with Gasteiger partial charge in [0.25, 0.3) is 0 Å². The molecule has 0 unspecified atom stereocenters. The molecule has 0 N–H and O–H groups in total. The molecule has 10 heteroatoms. The Morgan fingerprint density at radius 2 is 1.80 bits per heavy atom. The fraction of sp³-hybridized carbons (Fsp3) is 0.200. The van der Waals surface area contributed by atoms with Crippen LogP contribution in [0.1, 0.15) is 18.2 Å². The molecular formula is C20H16F3N6O-. The number of fused-ring (bicyclic) bond motifs is 1. The largest absolute Gasteiger partial charge is 0.872 e. The highest BCUT2D eigenvalue weighted by atomic mass is 19.4. The number of alkyl halides is 3. The van der Waals surface area contributed by atoms with E-state index in [1.165, 1.54) is 24.4 Å². The van der Waals surface area contributed by atoms with Gasteiger partial charge in [-0.2, -0.15) is 22.8 Å². The van der Waals surface area contributed by atoms with Crippen LogP contribution < -0.4 is 15.2 Å². The molecule has 0 saturated carbocycles. The van der Waals surface area contributed by atoms with Crippen molar-refractivity contribution < 1.29 is 18.3 Å². The van der Waals surface area contributed by atoms with Gasteiger partial charge in [-0.15, -0.1) is 10.2 Å². The van der Waals surface area contributed by atoms with Crippen LogP contribution in [0.25, 0.3) is 22.6 Å². The highest BCUT2D eigenvalue weighted by Gasteiger charge is 2.38. The zero-order chi connectivity index (χ0) is 21.6. The number of hydrogen-bond donors (Lipinski definition) is 0. The van der Waals surface area contributed by atoms with Crippen molar-refractivity contribution in [3.8, 4) is 17.1 Å². The fourth-order valence-corrected chi connectivity index (χ4v) is 3.17. The monoisotopic (exact) mass is 413 g/mol. The van der Waals surface area contributed by atoms with Crippen LogP contribution in [0.4, 0.5) is 19.0 Å². The van der Waals surface area contributed by atoms with Gasteiger partial charge in [0.1, 0.15) is 5.82 Å². The smallest absolute Gasteiger partial charge is 0.435 e. The zero-order valence-electron chi connectivity index (χ0n) is 16.3. The molecule has 0 bridgehead atoms. The van der Waals surface area contributed by atoms with Gasteiger partial charge in [0.15, 0.2) is 17.2 Å². The third-order valence-corrected chi connectivity index (χ3v) is 4.71. The molecule has 0 fully saturated rings. The van der Waals surface area contributed by atoms with Crippen molar-refractivity contribution in [2.45, 2.75) is 13.1 Å². The molecule has 0 saturated heterocycles. The van der Waals surface area contributed by atoms with Crippen LogP contribution in [-0.2, 0) is 6.18 Å². The lowest BCUT2D eigenvalue weighted by Gasteiger charge is -2.11. The highest BCUT2D eigenvalue weighted by Crippen LogP contribution is 2.30. The predicted octanol–water partition coefficient (Wildman–Crippen LogP) is 2.28. The van der Waals surface area contributed by atoms with Gasteiger partial charge in [-0.25, -0.2) is 4.98 Å². The zero-order valence-corrected chi connectivity index (χ0v) is 16.3. The first-order valence-electron chi connectivity index (χ1n) is 8.92. The van der Waals surface area contributed by atoms with Crippen LogP contribution in [0.3, 0.4) is 0 Å². The first kappa shape index (κ1) is 19.6. The van der Waals surface area contributed by atoms with Crippen LogP contribution in [0.2, 0.25) is 0 Å². The predicted molar refractivity (Wildman–Crippen MR) is 103 cm³/mol. The van der Waals surface area contributed by atoms with Crippen molar-refractivity contribution in [1.29, 1.82) is 0 Å². The summed E-state index contributed by atoms with van der Waals surface area (Å²) in [6.45, 7) is 1.55. The molecule has 154 valence electrons. The molecule has 7 nitrogen and oxygen atoms in total. The third kappa shape index (κ3) is 3.19. The summed E-state index contributed by atoms with van der Waals surface area (Å²) in [6.07, 6.45) is -3.22. The molecule has 3 aromatic heterocycles. The molecule has 1 aromatic carbocycles. The standard InChI is InChI=1S/C20H17F3N6O/c1-11(12-8-9-15(24-10-12)28(2)3)16-17(20(21,22)23)27-29-18(25-26-19(16)29)13-6-4-5-7-14(13)30/h4-10,30H,1-3H3/p-1.